The normalized spacial score (nSPS) is 10.7. The van der Waals surface area contributed by atoms with Gasteiger partial charge in [0.2, 0.25) is 0 Å². The summed E-state index contributed by atoms with van der Waals surface area (Å²) < 4.78 is 0. The second-order valence-electron chi connectivity index (χ2n) is 5.98. The Labute approximate surface area is 159 Å². The molecule has 0 fully saturated rings. The third-order valence-corrected chi connectivity index (χ3v) is 4.98. The molecule has 0 saturated carbocycles. The van der Waals surface area contributed by atoms with E-state index in [9.17, 15) is 9.59 Å². The van der Waals surface area contributed by atoms with Crippen molar-refractivity contribution in [3.63, 3.8) is 0 Å². The summed E-state index contributed by atoms with van der Waals surface area (Å²) in [5.74, 6) is -0.284. The summed E-state index contributed by atoms with van der Waals surface area (Å²) >= 11 is 1.40. The van der Waals surface area contributed by atoms with E-state index in [2.05, 4.69) is 20.8 Å². The van der Waals surface area contributed by atoms with Gasteiger partial charge in [0.25, 0.3) is 11.8 Å². The van der Waals surface area contributed by atoms with Crippen LogP contribution in [0.5, 0.6) is 0 Å². The summed E-state index contributed by atoms with van der Waals surface area (Å²) in [7, 11) is 0. The number of carbonyl (C=O) groups is 2. The van der Waals surface area contributed by atoms with E-state index in [0.717, 1.165) is 16.5 Å². The number of thiophene rings is 1. The van der Waals surface area contributed by atoms with E-state index < -0.39 is 0 Å². The molecule has 0 aliphatic rings. The number of anilines is 1. The molecule has 2 heterocycles. The molecule has 3 N–H and O–H groups in total. The number of fused-ring (bicyclic) bond motifs is 1. The zero-order valence-electron chi connectivity index (χ0n) is 14.2. The molecule has 0 saturated heterocycles. The number of benzene rings is 2. The number of carbonyl (C=O) groups excluding carboxylic acids is 2. The third-order valence-electron chi connectivity index (χ3n) is 4.11. The van der Waals surface area contributed by atoms with Gasteiger partial charge in [-0.1, -0.05) is 18.2 Å². The highest BCUT2D eigenvalue weighted by Crippen LogP contribution is 2.17. The summed E-state index contributed by atoms with van der Waals surface area (Å²) in [6, 6.07) is 16.4. The Balaban J connectivity index is 1.37. The van der Waals surface area contributed by atoms with Crippen LogP contribution >= 0.6 is 11.3 Å². The first-order chi connectivity index (χ1) is 13.2. The molecular weight excluding hydrogens is 360 g/mol. The van der Waals surface area contributed by atoms with Crippen molar-refractivity contribution < 1.29 is 9.59 Å². The fourth-order valence-corrected chi connectivity index (χ4v) is 3.32. The Morgan fingerprint density at radius 2 is 1.89 bits per heavy atom. The van der Waals surface area contributed by atoms with Crippen LogP contribution in [-0.4, -0.2) is 22.0 Å². The van der Waals surface area contributed by atoms with E-state index in [1.54, 1.807) is 24.4 Å². The maximum absolute atomic E-state index is 12.4. The first-order valence-electron chi connectivity index (χ1n) is 8.34. The average Bonchev–Trinajstić information content (AvgIpc) is 3.38. The molecule has 0 aliphatic heterocycles. The average molecular weight is 376 g/mol. The number of nitrogens with one attached hydrogen (secondary N) is 3. The van der Waals surface area contributed by atoms with Crippen molar-refractivity contribution in [3.8, 4) is 0 Å². The van der Waals surface area contributed by atoms with Crippen molar-refractivity contribution in [2.45, 2.75) is 6.54 Å². The van der Waals surface area contributed by atoms with E-state index in [1.165, 1.54) is 11.3 Å². The van der Waals surface area contributed by atoms with Crippen LogP contribution in [0.3, 0.4) is 0 Å². The van der Waals surface area contributed by atoms with Gasteiger partial charge in [0.1, 0.15) is 0 Å². The lowest BCUT2D eigenvalue weighted by atomic mass is 10.1. The molecule has 4 rings (SSSR count). The number of aromatic nitrogens is 2. The van der Waals surface area contributed by atoms with Crippen LogP contribution in [0.25, 0.3) is 10.9 Å². The van der Waals surface area contributed by atoms with Crippen LogP contribution in [0.4, 0.5) is 5.69 Å². The fraction of sp³-hybridized carbons (Fsp3) is 0.0500. The predicted molar refractivity (Wildman–Crippen MR) is 106 cm³/mol. The van der Waals surface area contributed by atoms with Crippen LogP contribution in [0.15, 0.2) is 66.2 Å². The van der Waals surface area contributed by atoms with Crippen LogP contribution in [0.1, 0.15) is 25.6 Å². The first-order valence-corrected chi connectivity index (χ1v) is 9.22. The van der Waals surface area contributed by atoms with Gasteiger partial charge in [0, 0.05) is 23.2 Å². The topological polar surface area (TPSA) is 86.9 Å². The zero-order valence-corrected chi connectivity index (χ0v) is 15.0. The van der Waals surface area contributed by atoms with E-state index in [-0.39, 0.29) is 11.8 Å². The molecule has 0 spiro atoms. The monoisotopic (exact) mass is 376 g/mol. The molecule has 134 valence electrons. The van der Waals surface area contributed by atoms with Gasteiger partial charge in [-0.15, -0.1) is 11.3 Å². The van der Waals surface area contributed by atoms with Crippen molar-refractivity contribution in [3.05, 3.63) is 82.2 Å². The largest absolute Gasteiger partial charge is 0.347 e. The molecule has 7 heteroatoms. The fourth-order valence-electron chi connectivity index (χ4n) is 2.67. The number of rotatable bonds is 5. The number of hydrogen-bond donors (Lipinski definition) is 3. The molecule has 0 unspecified atom stereocenters. The third kappa shape index (κ3) is 3.88. The van der Waals surface area contributed by atoms with Crippen molar-refractivity contribution in [1.82, 2.24) is 15.5 Å². The summed E-state index contributed by atoms with van der Waals surface area (Å²) in [5, 5.41) is 15.4. The first kappa shape index (κ1) is 17.0. The molecule has 0 aliphatic carbocycles. The number of hydrogen-bond acceptors (Lipinski definition) is 4. The van der Waals surface area contributed by atoms with E-state index in [0.29, 0.717) is 22.7 Å². The van der Waals surface area contributed by atoms with Gasteiger partial charge >= 0.3 is 0 Å². The van der Waals surface area contributed by atoms with Crippen molar-refractivity contribution in [2.24, 2.45) is 0 Å². The molecule has 6 nitrogen and oxygen atoms in total. The summed E-state index contributed by atoms with van der Waals surface area (Å²) in [5.41, 5.74) is 3.11. The molecule has 2 aromatic heterocycles. The zero-order chi connectivity index (χ0) is 18.6. The van der Waals surface area contributed by atoms with E-state index in [4.69, 9.17) is 0 Å². The van der Waals surface area contributed by atoms with Gasteiger partial charge in [-0.05, 0) is 47.3 Å². The second kappa shape index (κ2) is 7.43. The minimum absolute atomic E-state index is 0.0959. The van der Waals surface area contributed by atoms with Gasteiger partial charge in [0.15, 0.2) is 0 Å². The molecule has 2 aromatic carbocycles. The summed E-state index contributed by atoms with van der Waals surface area (Å²) in [6.07, 6.45) is 1.71. The Kier molecular flexibility index (Phi) is 4.67. The quantitative estimate of drug-likeness (QED) is 0.495. The Hall–Kier alpha value is -3.45. The van der Waals surface area contributed by atoms with Gasteiger partial charge in [-0.25, -0.2) is 0 Å². The minimum Gasteiger partial charge on any atom is -0.347 e. The Morgan fingerprint density at radius 1 is 1.04 bits per heavy atom. The smallest absolute Gasteiger partial charge is 0.261 e. The minimum atomic E-state index is -0.188. The van der Waals surface area contributed by atoms with Crippen LogP contribution in [-0.2, 0) is 6.54 Å². The van der Waals surface area contributed by atoms with Crippen molar-refractivity contribution in [2.75, 3.05) is 5.32 Å². The Morgan fingerprint density at radius 3 is 2.67 bits per heavy atom. The number of aromatic amines is 1. The maximum Gasteiger partial charge on any atom is 0.261 e. The van der Waals surface area contributed by atoms with Crippen molar-refractivity contribution in [1.29, 1.82) is 0 Å². The summed E-state index contributed by atoms with van der Waals surface area (Å²) in [6.45, 7) is 0.412. The lowest BCUT2D eigenvalue weighted by Gasteiger charge is -2.07. The molecule has 0 atom stereocenters. The summed E-state index contributed by atoms with van der Waals surface area (Å²) in [4.78, 5) is 25.1. The van der Waals surface area contributed by atoms with E-state index >= 15 is 0 Å². The van der Waals surface area contributed by atoms with Crippen LogP contribution in [0, 0.1) is 0 Å². The molecule has 2 amide bonds. The number of amides is 2. The van der Waals surface area contributed by atoms with E-state index in [1.807, 2.05) is 41.8 Å². The van der Waals surface area contributed by atoms with Crippen LogP contribution in [0.2, 0.25) is 0 Å². The number of nitrogens with zero attached hydrogens (tertiary/aromatic N) is 1. The molecule has 27 heavy (non-hydrogen) atoms. The highest BCUT2D eigenvalue weighted by molar-refractivity contribution is 7.12. The maximum atomic E-state index is 12.4. The predicted octanol–water partition coefficient (Wildman–Crippen LogP) is 3.81. The lowest BCUT2D eigenvalue weighted by molar-refractivity contribution is 0.0953. The second-order valence-corrected chi connectivity index (χ2v) is 6.93. The molecule has 4 aromatic rings. The van der Waals surface area contributed by atoms with Gasteiger partial charge in [-0.2, -0.15) is 5.10 Å². The highest BCUT2D eigenvalue weighted by Gasteiger charge is 2.09. The van der Waals surface area contributed by atoms with Gasteiger partial charge < -0.3 is 10.6 Å². The Bertz CT molecular complexity index is 1080. The highest BCUT2D eigenvalue weighted by atomic mass is 32.1. The van der Waals surface area contributed by atoms with Crippen LogP contribution < -0.4 is 10.6 Å². The number of H-pyrrole nitrogens is 1. The molecular formula is C20H16N4O2S. The van der Waals surface area contributed by atoms with Gasteiger partial charge in [0.05, 0.1) is 16.6 Å². The van der Waals surface area contributed by atoms with Gasteiger partial charge in [-0.3, -0.25) is 14.7 Å². The SMILES string of the molecule is O=C(Nc1ccc2[nH]ncc2c1)c1ccc(CNC(=O)c2cccs2)cc1. The molecule has 0 bridgehead atoms. The molecule has 0 radical (unpaired) electrons. The lowest BCUT2D eigenvalue weighted by Crippen LogP contribution is -2.21. The van der Waals surface area contributed by atoms with Crippen molar-refractivity contribution >= 4 is 39.7 Å². The standard InChI is InChI=1S/C20H16N4O2S/c25-19(23-16-7-8-17-15(10-16)12-22-24-17)14-5-3-13(4-6-14)11-21-20(26)18-2-1-9-27-18/h1-10,12H,11H2,(H,21,26)(H,22,24)(H,23,25).